The zero-order valence-corrected chi connectivity index (χ0v) is 11.2. The minimum Gasteiger partial charge on any atom is -0.463 e. The second kappa shape index (κ2) is 11.3. The van der Waals surface area contributed by atoms with Crippen molar-refractivity contribution < 1.29 is 14.6 Å². The molecule has 3 nitrogen and oxygen atoms in total. The zero-order chi connectivity index (χ0) is 12.2. The highest BCUT2D eigenvalue weighted by Gasteiger charge is 1.98. The van der Waals surface area contributed by atoms with Crippen molar-refractivity contribution in [1.29, 1.82) is 0 Å². The first kappa shape index (κ1) is 15.8. The molecule has 16 heavy (non-hydrogen) atoms. The van der Waals surface area contributed by atoms with Crippen molar-refractivity contribution >= 4 is 17.7 Å². The summed E-state index contributed by atoms with van der Waals surface area (Å²) in [5.74, 6) is 2.24. The van der Waals surface area contributed by atoms with Crippen molar-refractivity contribution in [3.8, 4) is 0 Å². The molecule has 96 valence electrons. The SMILES string of the molecule is CC(C)CCCCCSCCOC(=O)CO. The molecule has 0 aliphatic carbocycles. The highest BCUT2D eigenvalue weighted by molar-refractivity contribution is 7.99. The van der Waals surface area contributed by atoms with Gasteiger partial charge in [-0.25, -0.2) is 4.79 Å². The van der Waals surface area contributed by atoms with E-state index in [1.54, 1.807) is 11.8 Å². The maximum atomic E-state index is 10.6. The van der Waals surface area contributed by atoms with Crippen LogP contribution in [0.4, 0.5) is 0 Å². The lowest BCUT2D eigenvalue weighted by atomic mass is 10.1. The van der Waals surface area contributed by atoms with E-state index in [0.717, 1.165) is 17.4 Å². The molecule has 0 aliphatic rings. The molecule has 0 unspecified atom stereocenters. The summed E-state index contributed by atoms with van der Waals surface area (Å²) in [5, 5.41) is 8.40. The minimum atomic E-state index is -0.530. The van der Waals surface area contributed by atoms with Crippen molar-refractivity contribution in [2.45, 2.75) is 39.5 Å². The fourth-order valence-corrected chi connectivity index (χ4v) is 2.11. The van der Waals surface area contributed by atoms with Crippen LogP contribution < -0.4 is 0 Å². The van der Waals surface area contributed by atoms with Gasteiger partial charge in [0.1, 0.15) is 13.2 Å². The highest BCUT2D eigenvalue weighted by Crippen LogP contribution is 2.11. The number of carbonyl (C=O) groups is 1. The lowest BCUT2D eigenvalue weighted by Crippen LogP contribution is -2.11. The van der Waals surface area contributed by atoms with E-state index >= 15 is 0 Å². The number of carbonyl (C=O) groups excluding carboxylic acids is 1. The molecule has 0 fully saturated rings. The van der Waals surface area contributed by atoms with E-state index in [1.807, 2.05) is 0 Å². The maximum absolute atomic E-state index is 10.6. The third kappa shape index (κ3) is 11.9. The molecule has 0 aliphatic heterocycles. The van der Waals surface area contributed by atoms with Crippen molar-refractivity contribution in [3.05, 3.63) is 0 Å². The molecule has 0 atom stereocenters. The van der Waals surface area contributed by atoms with Gasteiger partial charge in [0.25, 0.3) is 0 Å². The van der Waals surface area contributed by atoms with Gasteiger partial charge in [0.15, 0.2) is 0 Å². The summed E-state index contributed by atoms with van der Waals surface area (Å²) in [5.41, 5.74) is 0. The average Bonchev–Trinajstić information content (AvgIpc) is 2.26. The van der Waals surface area contributed by atoms with Gasteiger partial charge in [0.05, 0.1) is 0 Å². The van der Waals surface area contributed by atoms with Crippen LogP contribution in [-0.4, -0.2) is 35.8 Å². The van der Waals surface area contributed by atoms with E-state index in [4.69, 9.17) is 9.84 Å². The van der Waals surface area contributed by atoms with Crippen LogP contribution in [-0.2, 0) is 9.53 Å². The van der Waals surface area contributed by atoms with Gasteiger partial charge in [-0.3, -0.25) is 0 Å². The third-order valence-electron chi connectivity index (χ3n) is 2.19. The number of rotatable bonds is 10. The lowest BCUT2D eigenvalue weighted by molar-refractivity contribution is -0.146. The van der Waals surface area contributed by atoms with Crippen LogP contribution >= 0.6 is 11.8 Å². The second-order valence-corrected chi connectivity index (χ2v) is 5.46. The van der Waals surface area contributed by atoms with E-state index < -0.39 is 12.6 Å². The Hall–Kier alpha value is -0.220. The first-order valence-corrected chi connectivity index (χ1v) is 7.16. The van der Waals surface area contributed by atoms with E-state index in [1.165, 1.54) is 25.7 Å². The summed E-state index contributed by atoms with van der Waals surface area (Å²) < 4.78 is 4.74. The number of esters is 1. The Morgan fingerprint density at radius 1 is 1.25 bits per heavy atom. The summed E-state index contributed by atoms with van der Waals surface area (Å²) in [6.45, 7) is 4.41. The smallest absolute Gasteiger partial charge is 0.331 e. The number of aliphatic hydroxyl groups excluding tert-OH is 1. The van der Waals surface area contributed by atoms with Crippen LogP contribution in [0.2, 0.25) is 0 Å². The van der Waals surface area contributed by atoms with Gasteiger partial charge in [-0.15, -0.1) is 0 Å². The number of unbranched alkanes of at least 4 members (excludes halogenated alkanes) is 2. The van der Waals surface area contributed by atoms with Crippen LogP contribution in [0.15, 0.2) is 0 Å². The highest BCUT2D eigenvalue weighted by atomic mass is 32.2. The molecule has 0 bridgehead atoms. The van der Waals surface area contributed by atoms with Crippen molar-refractivity contribution in [2.24, 2.45) is 5.92 Å². The second-order valence-electron chi connectivity index (χ2n) is 4.23. The molecule has 0 heterocycles. The zero-order valence-electron chi connectivity index (χ0n) is 10.4. The van der Waals surface area contributed by atoms with E-state index in [2.05, 4.69) is 13.8 Å². The Morgan fingerprint density at radius 2 is 2.00 bits per heavy atom. The number of hydrogen-bond donors (Lipinski definition) is 1. The number of ether oxygens (including phenoxy) is 1. The first-order valence-electron chi connectivity index (χ1n) is 6.01. The Morgan fingerprint density at radius 3 is 2.62 bits per heavy atom. The Balaban J connectivity index is 3.01. The van der Waals surface area contributed by atoms with Crippen LogP contribution in [0.5, 0.6) is 0 Å². The summed E-state index contributed by atoms with van der Waals surface area (Å²) in [6.07, 6.45) is 5.17. The predicted molar refractivity (Wildman–Crippen MR) is 68.7 cm³/mol. The molecule has 0 spiro atoms. The summed E-state index contributed by atoms with van der Waals surface area (Å²) in [6, 6.07) is 0. The van der Waals surface area contributed by atoms with Gasteiger partial charge in [0.2, 0.25) is 0 Å². The van der Waals surface area contributed by atoms with Crippen LogP contribution in [0.3, 0.4) is 0 Å². The molecule has 4 heteroatoms. The predicted octanol–water partition coefficient (Wildman–Crippen LogP) is 2.47. The van der Waals surface area contributed by atoms with Gasteiger partial charge < -0.3 is 9.84 Å². The minimum absolute atomic E-state index is 0.413. The van der Waals surface area contributed by atoms with Gasteiger partial charge in [0, 0.05) is 5.75 Å². The van der Waals surface area contributed by atoms with Gasteiger partial charge in [-0.05, 0) is 18.1 Å². The van der Waals surface area contributed by atoms with E-state index in [-0.39, 0.29) is 0 Å². The first-order chi connectivity index (χ1) is 7.66. The van der Waals surface area contributed by atoms with Crippen LogP contribution in [0.1, 0.15) is 39.5 Å². The van der Waals surface area contributed by atoms with Crippen molar-refractivity contribution in [1.82, 2.24) is 0 Å². The average molecular weight is 248 g/mol. The largest absolute Gasteiger partial charge is 0.463 e. The van der Waals surface area contributed by atoms with Gasteiger partial charge in [-0.1, -0.05) is 33.1 Å². The lowest BCUT2D eigenvalue weighted by Gasteiger charge is -2.05. The third-order valence-corrected chi connectivity index (χ3v) is 3.22. The Bertz CT molecular complexity index is 172. The molecule has 0 radical (unpaired) electrons. The summed E-state index contributed by atoms with van der Waals surface area (Å²) in [7, 11) is 0. The van der Waals surface area contributed by atoms with Crippen LogP contribution in [0, 0.1) is 5.92 Å². The fraction of sp³-hybridized carbons (Fsp3) is 0.917. The molecule has 0 aromatic carbocycles. The van der Waals surface area contributed by atoms with Crippen molar-refractivity contribution in [3.63, 3.8) is 0 Å². The van der Waals surface area contributed by atoms with Gasteiger partial charge >= 0.3 is 5.97 Å². The molecular formula is C12H24O3S. The molecule has 0 saturated heterocycles. The summed E-state index contributed by atoms with van der Waals surface area (Å²) in [4.78, 5) is 10.6. The maximum Gasteiger partial charge on any atom is 0.331 e. The van der Waals surface area contributed by atoms with Gasteiger partial charge in [-0.2, -0.15) is 11.8 Å². The molecular weight excluding hydrogens is 224 g/mol. The number of aliphatic hydroxyl groups is 1. The fourth-order valence-electron chi connectivity index (χ4n) is 1.30. The molecule has 0 aromatic rings. The number of hydrogen-bond acceptors (Lipinski definition) is 4. The molecule has 0 amide bonds. The molecule has 0 saturated carbocycles. The topological polar surface area (TPSA) is 46.5 Å². The van der Waals surface area contributed by atoms with Crippen LogP contribution in [0.25, 0.3) is 0 Å². The normalized spacial score (nSPS) is 10.8. The Labute approximate surface area is 103 Å². The number of thioether (sulfide) groups is 1. The van der Waals surface area contributed by atoms with Crippen molar-refractivity contribution in [2.75, 3.05) is 24.7 Å². The Kier molecular flexibility index (Phi) is 11.1. The summed E-state index contributed by atoms with van der Waals surface area (Å²) >= 11 is 1.81. The molecule has 1 N–H and O–H groups in total. The monoisotopic (exact) mass is 248 g/mol. The van der Waals surface area contributed by atoms with E-state index in [9.17, 15) is 4.79 Å². The molecule has 0 rings (SSSR count). The molecule has 0 aromatic heterocycles. The quantitative estimate of drug-likeness (QED) is 0.476. The van der Waals surface area contributed by atoms with E-state index in [0.29, 0.717) is 6.61 Å². The standard InChI is InChI=1S/C12H24O3S/c1-11(2)6-4-3-5-8-16-9-7-15-12(14)10-13/h11,13H,3-10H2,1-2H3.